The van der Waals surface area contributed by atoms with Crippen LogP contribution in [0, 0.1) is 22.7 Å². The minimum atomic E-state index is -0.251. The zero-order valence-corrected chi connectivity index (χ0v) is 19.7. The molecule has 1 saturated heterocycles. The van der Waals surface area contributed by atoms with Gasteiger partial charge in [-0.2, -0.15) is 0 Å². The Bertz CT molecular complexity index is 862. The number of piperidine rings is 1. The Kier molecular flexibility index (Phi) is 5.25. The first-order chi connectivity index (χ1) is 14.8. The summed E-state index contributed by atoms with van der Waals surface area (Å²) in [6.45, 7) is 6.68. The van der Waals surface area contributed by atoms with Crippen molar-refractivity contribution in [2.24, 2.45) is 33.4 Å². The number of aliphatic imine (C=N–C) groups is 1. The van der Waals surface area contributed by atoms with Crippen LogP contribution in [0.4, 0.5) is 0 Å². The third kappa shape index (κ3) is 3.45. The molecule has 0 spiro atoms. The van der Waals surface area contributed by atoms with Gasteiger partial charge in [-0.05, 0) is 66.8 Å². The standard InChI is InChI=1S/C26H36ClN3O/c1-24(2)17-30(11-8-21(24)28)23(31)26-14-18-12-25(16-26,20-6-4-3-5-7-20)13-19(15-26)22(18)29-10-9-27/h3-7,18-19,21H,8-17,28H2,1-2H3/t18?,19?,21-,25?,26?/m0/s1. The Hall–Kier alpha value is -1.39. The Morgan fingerprint density at radius 2 is 1.84 bits per heavy atom. The van der Waals surface area contributed by atoms with Crippen molar-refractivity contribution in [2.75, 3.05) is 25.5 Å². The Morgan fingerprint density at radius 3 is 2.45 bits per heavy atom. The van der Waals surface area contributed by atoms with Crippen LogP contribution < -0.4 is 5.73 Å². The minimum absolute atomic E-state index is 0.0275. The van der Waals surface area contributed by atoms with Crippen LogP contribution >= 0.6 is 11.6 Å². The predicted molar refractivity (Wildman–Crippen MR) is 127 cm³/mol. The van der Waals surface area contributed by atoms with E-state index in [-0.39, 0.29) is 22.3 Å². The molecule has 0 radical (unpaired) electrons. The van der Waals surface area contributed by atoms with Gasteiger partial charge in [-0.1, -0.05) is 44.2 Å². The first kappa shape index (κ1) is 21.5. The molecule has 4 nitrogen and oxygen atoms in total. The quantitative estimate of drug-likeness (QED) is 0.704. The van der Waals surface area contributed by atoms with Crippen LogP contribution in [0.15, 0.2) is 35.3 Å². The van der Waals surface area contributed by atoms with E-state index in [0.717, 1.165) is 51.6 Å². The van der Waals surface area contributed by atoms with Crippen molar-refractivity contribution in [3.63, 3.8) is 0 Å². The van der Waals surface area contributed by atoms with Crippen LogP contribution in [0.25, 0.3) is 0 Å². The number of carbonyl (C=O) groups is 1. The fourth-order valence-corrected chi connectivity index (χ4v) is 7.66. The molecule has 0 aromatic heterocycles. The molecule has 168 valence electrons. The highest BCUT2D eigenvalue weighted by Gasteiger charge is 2.64. The van der Waals surface area contributed by atoms with Gasteiger partial charge in [0, 0.05) is 30.7 Å². The highest BCUT2D eigenvalue weighted by Crippen LogP contribution is 2.65. The van der Waals surface area contributed by atoms with Crippen molar-refractivity contribution in [3.8, 4) is 0 Å². The van der Waals surface area contributed by atoms with Crippen molar-refractivity contribution in [1.29, 1.82) is 0 Å². The van der Waals surface area contributed by atoms with Crippen LogP contribution in [-0.4, -0.2) is 48.1 Å². The molecule has 3 atom stereocenters. The maximum Gasteiger partial charge on any atom is 0.228 e. The lowest BCUT2D eigenvalue weighted by Crippen LogP contribution is -2.64. The predicted octanol–water partition coefficient (Wildman–Crippen LogP) is 4.40. The first-order valence-corrected chi connectivity index (χ1v) is 12.5. The molecule has 1 aliphatic heterocycles. The molecule has 5 fully saturated rings. The summed E-state index contributed by atoms with van der Waals surface area (Å²) in [5, 5.41) is 0. The third-order valence-corrected chi connectivity index (χ3v) is 9.05. The molecular formula is C26H36ClN3O. The van der Waals surface area contributed by atoms with Crippen molar-refractivity contribution >= 4 is 23.2 Å². The largest absolute Gasteiger partial charge is 0.342 e. The summed E-state index contributed by atoms with van der Waals surface area (Å²) in [4.78, 5) is 21.3. The van der Waals surface area contributed by atoms with Crippen LogP contribution in [-0.2, 0) is 10.2 Å². The number of halogens is 1. The molecule has 1 aromatic rings. The van der Waals surface area contributed by atoms with E-state index in [2.05, 4.69) is 49.1 Å². The molecule has 1 amide bonds. The number of hydrogen-bond acceptors (Lipinski definition) is 3. The van der Waals surface area contributed by atoms with E-state index < -0.39 is 0 Å². The lowest BCUT2D eigenvalue weighted by molar-refractivity contribution is -0.156. The van der Waals surface area contributed by atoms with Crippen molar-refractivity contribution in [3.05, 3.63) is 35.9 Å². The molecule has 4 saturated carbocycles. The SMILES string of the molecule is CC1(C)CN(C(=O)C23CC4CC(c5ccccc5)(CC(C2)C4=NCCCl)C3)CC[C@@H]1N. The lowest BCUT2D eigenvalue weighted by Gasteiger charge is -2.63. The second-order valence-corrected chi connectivity index (χ2v) is 11.8. The summed E-state index contributed by atoms with van der Waals surface area (Å²) in [5.41, 5.74) is 8.98. The van der Waals surface area contributed by atoms with Gasteiger partial charge in [-0.25, -0.2) is 0 Å². The van der Waals surface area contributed by atoms with Crippen molar-refractivity contribution in [1.82, 2.24) is 4.90 Å². The van der Waals surface area contributed by atoms with Gasteiger partial charge in [0.05, 0.1) is 12.0 Å². The molecular weight excluding hydrogens is 406 g/mol. The van der Waals surface area contributed by atoms with Gasteiger partial charge in [0.25, 0.3) is 0 Å². The summed E-state index contributed by atoms with van der Waals surface area (Å²) in [7, 11) is 0. The number of rotatable bonds is 4. The van der Waals surface area contributed by atoms with Crippen molar-refractivity contribution < 1.29 is 4.79 Å². The maximum absolute atomic E-state index is 14.2. The van der Waals surface area contributed by atoms with Crippen LogP contribution in [0.3, 0.4) is 0 Å². The number of hydrogen-bond donors (Lipinski definition) is 1. The molecule has 5 heteroatoms. The molecule has 31 heavy (non-hydrogen) atoms. The molecule has 2 N–H and O–H groups in total. The smallest absolute Gasteiger partial charge is 0.228 e. The summed E-state index contributed by atoms with van der Waals surface area (Å²) >= 11 is 5.98. The monoisotopic (exact) mass is 441 g/mol. The molecule has 4 bridgehead atoms. The molecule has 2 unspecified atom stereocenters. The van der Waals surface area contributed by atoms with E-state index in [1.807, 2.05) is 0 Å². The first-order valence-electron chi connectivity index (χ1n) is 12.0. The number of carbonyl (C=O) groups excluding carboxylic acids is 1. The highest BCUT2D eigenvalue weighted by molar-refractivity contribution is 6.18. The van der Waals surface area contributed by atoms with Crippen LogP contribution in [0.1, 0.15) is 57.9 Å². The second kappa shape index (κ2) is 7.59. The van der Waals surface area contributed by atoms with E-state index >= 15 is 0 Å². The van der Waals surface area contributed by atoms with Gasteiger partial charge in [-0.15, -0.1) is 11.6 Å². The Morgan fingerprint density at radius 1 is 1.16 bits per heavy atom. The number of nitrogens with zero attached hydrogens (tertiary/aromatic N) is 2. The van der Waals surface area contributed by atoms with Gasteiger partial charge in [0.2, 0.25) is 5.91 Å². The second-order valence-electron chi connectivity index (χ2n) is 11.4. The summed E-state index contributed by atoms with van der Waals surface area (Å²) in [5.74, 6) is 1.78. The zero-order valence-electron chi connectivity index (χ0n) is 18.9. The van der Waals surface area contributed by atoms with E-state index in [4.69, 9.17) is 22.3 Å². The van der Waals surface area contributed by atoms with Gasteiger partial charge in [0.1, 0.15) is 0 Å². The number of amides is 1. The van der Waals surface area contributed by atoms with Gasteiger partial charge in [0.15, 0.2) is 0 Å². The molecule has 1 heterocycles. The summed E-state index contributed by atoms with van der Waals surface area (Å²) < 4.78 is 0. The highest BCUT2D eigenvalue weighted by atomic mass is 35.5. The average molecular weight is 442 g/mol. The minimum Gasteiger partial charge on any atom is -0.342 e. The van der Waals surface area contributed by atoms with E-state index in [1.54, 1.807) is 0 Å². The fraction of sp³-hybridized carbons (Fsp3) is 0.692. The van der Waals surface area contributed by atoms with E-state index in [9.17, 15) is 4.79 Å². The number of nitrogens with two attached hydrogens (primary N) is 1. The zero-order chi connectivity index (χ0) is 21.9. The number of benzene rings is 1. The van der Waals surface area contributed by atoms with Crippen LogP contribution in [0.5, 0.6) is 0 Å². The maximum atomic E-state index is 14.2. The summed E-state index contributed by atoms with van der Waals surface area (Å²) in [6, 6.07) is 11.1. The topological polar surface area (TPSA) is 58.7 Å². The number of likely N-dealkylation sites (tertiary alicyclic amines) is 1. The van der Waals surface area contributed by atoms with Crippen LogP contribution in [0.2, 0.25) is 0 Å². The fourth-order valence-electron chi connectivity index (χ4n) is 7.58. The average Bonchev–Trinajstić information content (AvgIpc) is 2.75. The molecule has 1 aromatic carbocycles. The van der Waals surface area contributed by atoms with Gasteiger partial charge >= 0.3 is 0 Å². The Balaban J connectivity index is 1.50. The van der Waals surface area contributed by atoms with Crippen molar-refractivity contribution in [2.45, 2.75) is 63.8 Å². The molecule has 4 aliphatic carbocycles. The Labute approximate surface area is 191 Å². The molecule has 5 aliphatic rings. The number of alkyl halides is 1. The van der Waals surface area contributed by atoms with Gasteiger partial charge in [-0.3, -0.25) is 9.79 Å². The third-order valence-electron chi connectivity index (χ3n) is 8.88. The van der Waals surface area contributed by atoms with E-state index in [1.165, 1.54) is 11.3 Å². The van der Waals surface area contributed by atoms with Gasteiger partial charge < -0.3 is 10.6 Å². The normalized spacial score (nSPS) is 38.4. The lowest BCUT2D eigenvalue weighted by atomic mass is 9.42. The van der Waals surface area contributed by atoms with E-state index in [0.29, 0.717) is 30.2 Å². The molecule has 6 rings (SSSR count). The summed E-state index contributed by atoms with van der Waals surface area (Å²) in [6.07, 6.45) is 6.05.